The molecule has 2 aromatic rings. The lowest BCUT2D eigenvalue weighted by Gasteiger charge is -2.16. The van der Waals surface area contributed by atoms with Gasteiger partial charge >= 0.3 is 11.9 Å². The van der Waals surface area contributed by atoms with Gasteiger partial charge in [-0.1, -0.05) is 30.7 Å². The number of carboxylic acids is 2. The molecule has 0 bridgehead atoms. The number of carbonyl (C=O) groups is 3. The Morgan fingerprint density at radius 2 is 1.58 bits per heavy atom. The quantitative estimate of drug-likeness (QED) is 0.195. The fraction of sp³-hybridized carbons (Fsp3) is 0.444. The summed E-state index contributed by atoms with van der Waals surface area (Å²) in [5.41, 5.74) is 5.06. The molecule has 0 amide bonds. The number of benzene rings is 2. The van der Waals surface area contributed by atoms with Gasteiger partial charge < -0.3 is 30.1 Å². The van der Waals surface area contributed by atoms with Crippen molar-refractivity contribution in [3.8, 4) is 11.5 Å². The van der Waals surface area contributed by atoms with Gasteiger partial charge in [-0.2, -0.15) is 0 Å². The number of aryl methyl sites for hydroxylation is 4. The Kier molecular flexibility index (Phi) is 13.2. The summed E-state index contributed by atoms with van der Waals surface area (Å²) in [6.07, 6.45) is 1.47. The average Bonchev–Trinajstić information content (AvgIpc) is 2.81. The van der Waals surface area contributed by atoms with E-state index in [4.69, 9.17) is 29.3 Å². The molecule has 198 valence electrons. The number of ether oxygens (including phenoxy) is 2. The van der Waals surface area contributed by atoms with Crippen molar-refractivity contribution in [3.63, 3.8) is 0 Å². The van der Waals surface area contributed by atoms with Crippen molar-refractivity contribution < 1.29 is 39.2 Å². The van der Waals surface area contributed by atoms with E-state index >= 15 is 0 Å². The van der Waals surface area contributed by atoms with Crippen LogP contribution in [0.25, 0.3) is 0 Å². The second-order valence-corrected chi connectivity index (χ2v) is 8.46. The number of nitrogens with one attached hydrogen (secondary N) is 1. The third kappa shape index (κ3) is 10.5. The van der Waals surface area contributed by atoms with Gasteiger partial charge in [-0.3, -0.25) is 4.79 Å². The van der Waals surface area contributed by atoms with Crippen molar-refractivity contribution in [1.82, 2.24) is 5.32 Å². The zero-order chi connectivity index (χ0) is 27.3. The standard InChI is InChI=1S/C25H35NO4.C2H2O4/c1-6-11-26-15-21(27)16-30-24-14-20(8-10-23(24)29-5)7-9-22(28)25-18(3)12-17(2)13-19(25)4;3-1(4)2(5)6/h8,10,12-14,21,26-27H,6-7,9,11,15-16H2,1-5H3;(H,3,4)(H,5,6). The van der Waals surface area contributed by atoms with Crippen LogP contribution in [0.15, 0.2) is 30.3 Å². The van der Waals surface area contributed by atoms with E-state index in [1.54, 1.807) is 7.11 Å². The van der Waals surface area contributed by atoms with E-state index in [0.717, 1.165) is 35.2 Å². The molecule has 1 atom stereocenters. The number of carboxylic acid groups (broad SMARTS) is 2. The summed E-state index contributed by atoms with van der Waals surface area (Å²) in [5.74, 6) is -2.30. The number of methoxy groups -OCH3 is 1. The van der Waals surface area contributed by atoms with Gasteiger partial charge in [0.25, 0.3) is 0 Å². The lowest BCUT2D eigenvalue weighted by molar-refractivity contribution is -0.159. The number of aliphatic carboxylic acids is 2. The number of aliphatic hydroxyl groups excluding tert-OH is 1. The Labute approximate surface area is 212 Å². The van der Waals surface area contributed by atoms with Crippen LogP contribution in [0.5, 0.6) is 11.5 Å². The van der Waals surface area contributed by atoms with Crippen LogP contribution in [0.1, 0.15) is 52.4 Å². The normalized spacial score (nSPS) is 11.2. The Bertz CT molecular complexity index is 999. The van der Waals surface area contributed by atoms with Crippen LogP contribution in [0.4, 0.5) is 0 Å². The first-order valence-electron chi connectivity index (χ1n) is 11.8. The fourth-order valence-corrected chi connectivity index (χ4v) is 3.68. The summed E-state index contributed by atoms with van der Waals surface area (Å²) in [4.78, 5) is 31.0. The largest absolute Gasteiger partial charge is 0.493 e. The lowest BCUT2D eigenvalue weighted by atomic mass is 9.93. The first-order valence-corrected chi connectivity index (χ1v) is 11.8. The first-order chi connectivity index (χ1) is 17.0. The van der Waals surface area contributed by atoms with Gasteiger partial charge in [0.1, 0.15) is 12.7 Å². The molecule has 0 aromatic heterocycles. The van der Waals surface area contributed by atoms with Crippen LogP contribution in [-0.4, -0.2) is 66.0 Å². The number of rotatable bonds is 12. The van der Waals surface area contributed by atoms with Crippen LogP contribution in [0, 0.1) is 20.8 Å². The molecule has 9 nitrogen and oxygen atoms in total. The monoisotopic (exact) mass is 503 g/mol. The molecule has 9 heteroatoms. The maximum atomic E-state index is 12.8. The molecule has 0 aliphatic heterocycles. The van der Waals surface area contributed by atoms with Gasteiger partial charge in [0.2, 0.25) is 0 Å². The Balaban J connectivity index is 0.000000960. The molecule has 36 heavy (non-hydrogen) atoms. The molecule has 0 heterocycles. The SMILES string of the molecule is CCCNCC(O)COc1cc(CCC(=O)c2c(C)cc(C)cc2C)ccc1OC.O=C(O)C(=O)O. The second kappa shape index (κ2) is 15.5. The summed E-state index contributed by atoms with van der Waals surface area (Å²) in [5, 5.41) is 28.0. The summed E-state index contributed by atoms with van der Waals surface area (Å²) in [7, 11) is 1.59. The summed E-state index contributed by atoms with van der Waals surface area (Å²) in [6.45, 7) is 9.64. The molecular weight excluding hydrogens is 466 g/mol. The van der Waals surface area contributed by atoms with E-state index in [9.17, 15) is 9.90 Å². The molecule has 1 unspecified atom stereocenters. The summed E-state index contributed by atoms with van der Waals surface area (Å²) < 4.78 is 11.2. The van der Waals surface area contributed by atoms with Crippen molar-refractivity contribution >= 4 is 17.7 Å². The molecule has 0 aliphatic carbocycles. The van der Waals surface area contributed by atoms with Crippen molar-refractivity contribution in [2.24, 2.45) is 0 Å². The van der Waals surface area contributed by atoms with Crippen LogP contribution in [0.3, 0.4) is 0 Å². The number of ketones is 1. The van der Waals surface area contributed by atoms with Crippen molar-refractivity contribution in [2.45, 2.75) is 53.1 Å². The molecule has 0 aliphatic rings. The highest BCUT2D eigenvalue weighted by molar-refractivity contribution is 6.27. The van der Waals surface area contributed by atoms with E-state index in [2.05, 4.69) is 24.4 Å². The first kappa shape index (κ1) is 30.6. The van der Waals surface area contributed by atoms with Crippen molar-refractivity contribution in [2.75, 3.05) is 26.8 Å². The summed E-state index contributed by atoms with van der Waals surface area (Å²) >= 11 is 0. The molecule has 0 radical (unpaired) electrons. The summed E-state index contributed by atoms with van der Waals surface area (Å²) in [6, 6.07) is 9.81. The van der Waals surface area contributed by atoms with Gasteiger partial charge in [-0.15, -0.1) is 0 Å². The Morgan fingerprint density at radius 1 is 0.972 bits per heavy atom. The molecule has 0 fully saturated rings. The van der Waals surface area contributed by atoms with Crippen LogP contribution < -0.4 is 14.8 Å². The molecule has 0 spiro atoms. The topological polar surface area (TPSA) is 142 Å². The molecular formula is C27H37NO8. The van der Waals surface area contributed by atoms with E-state index in [1.165, 1.54) is 5.56 Å². The minimum absolute atomic E-state index is 0.153. The Morgan fingerprint density at radius 3 is 2.11 bits per heavy atom. The van der Waals surface area contributed by atoms with Crippen LogP contribution in [0.2, 0.25) is 0 Å². The molecule has 2 rings (SSSR count). The van der Waals surface area contributed by atoms with Gasteiger partial charge in [0.15, 0.2) is 17.3 Å². The predicted molar refractivity (Wildman–Crippen MR) is 136 cm³/mol. The third-order valence-corrected chi connectivity index (χ3v) is 5.25. The van der Waals surface area contributed by atoms with Crippen molar-refractivity contribution in [1.29, 1.82) is 0 Å². The molecule has 2 aromatic carbocycles. The zero-order valence-electron chi connectivity index (χ0n) is 21.6. The maximum Gasteiger partial charge on any atom is 0.414 e. The number of hydrogen-bond acceptors (Lipinski definition) is 7. The van der Waals surface area contributed by atoms with E-state index in [-0.39, 0.29) is 12.4 Å². The minimum atomic E-state index is -1.82. The van der Waals surface area contributed by atoms with Crippen LogP contribution in [-0.2, 0) is 16.0 Å². The maximum absolute atomic E-state index is 12.8. The van der Waals surface area contributed by atoms with Crippen LogP contribution >= 0.6 is 0 Å². The smallest absolute Gasteiger partial charge is 0.414 e. The zero-order valence-corrected chi connectivity index (χ0v) is 21.6. The van der Waals surface area contributed by atoms with Gasteiger partial charge in [-0.25, -0.2) is 9.59 Å². The lowest BCUT2D eigenvalue weighted by Crippen LogP contribution is -2.31. The predicted octanol–water partition coefficient (Wildman–Crippen LogP) is 3.33. The van der Waals surface area contributed by atoms with Gasteiger partial charge in [0, 0.05) is 18.5 Å². The van der Waals surface area contributed by atoms with E-state index in [0.29, 0.717) is 30.9 Å². The number of hydrogen-bond donors (Lipinski definition) is 4. The third-order valence-electron chi connectivity index (χ3n) is 5.25. The van der Waals surface area contributed by atoms with Gasteiger partial charge in [-0.05, 0) is 69.0 Å². The highest BCUT2D eigenvalue weighted by Crippen LogP contribution is 2.29. The van der Waals surface area contributed by atoms with E-state index in [1.807, 2.05) is 39.0 Å². The molecule has 0 saturated heterocycles. The fourth-order valence-electron chi connectivity index (χ4n) is 3.68. The number of carbonyl (C=O) groups excluding carboxylic acids is 1. The number of aliphatic hydroxyl groups is 1. The molecule has 0 saturated carbocycles. The number of Topliss-reactive ketones (excluding diaryl/α,β-unsaturated/α-hetero) is 1. The minimum Gasteiger partial charge on any atom is -0.493 e. The average molecular weight is 504 g/mol. The highest BCUT2D eigenvalue weighted by atomic mass is 16.5. The van der Waals surface area contributed by atoms with Gasteiger partial charge in [0.05, 0.1) is 7.11 Å². The van der Waals surface area contributed by atoms with Crippen molar-refractivity contribution in [3.05, 3.63) is 58.1 Å². The highest BCUT2D eigenvalue weighted by Gasteiger charge is 2.14. The molecule has 4 N–H and O–H groups in total. The Hall–Kier alpha value is -3.43. The second-order valence-electron chi connectivity index (χ2n) is 8.46. The van der Waals surface area contributed by atoms with E-state index < -0.39 is 18.0 Å².